The quantitative estimate of drug-likeness (QED) is 0.195. The van der Waals surface area contributed by atoms with Crippen LogP contribution in [0.1, 0.15) is 0 Å². The van der Waals surface area contributed by atoms with E-state index in [9.17, 15) is 0 Å². The Kier molecular flexibility index (Phi) is 46.0. The molecular weight excluding hydrogens is 634 g/mol. The molecule has 100 valence electrons. The number of aliphatic carboxylic acids is 4. The summed E-state index contributed by atoms with van der Waals surface area (Å²) in [6.45, 7) is 0. The van der Waals surface area contributed by atoms with Gasteiger partial charge in [-0.25, -0.2) is 9.59 Å². The summed E-state index contributed by atoms with van der Waals surface area (Å²) >= 11 is 0. The standard InChI is InChI=1S/2C2H2O4.2Au.H2O.Ti/c2*3-1(4)2(5)6;;;;/h2*(H,3,4)(H,5,6);;;1H2;/q;;2*+1;;/p-2. The molecule has 0 fully saturated rings. The fourth-order valence-corrected chi connectivity index (χ4v) is 0. The minimum atomic E-state index is -2.19. The fourth-order valence-electron chi connectivity index (χ4n) is 0. The van der Waals surface area contributed by atoms with E-state index in [2.05, 4.69) is 0 Å². The number of rotatable bonds is 0. The van der Waals surface area contributed by atoms with Crippen molar-refractivity contribution in [2.24, 2.45) is 0 Å². The summed E-state index contributed by atoms with van der Waals surface area (Å²) in [5.41, 5.74) is 0. The van der Waals surface area contributed by atoms with Gasteiger partial charge in [-0.3, -0.25) is 0 Å². The van der Waals surface area contributed by atoms with Crippen LogP contribution in [0.2, 0.25) is 0 Å². The summed E-state index contributed by atoms with van der Waals surface area (Å²) in [5.74, 6) is -8.02. The van der Waals surface area contributed by atoms with Crippen molar-refractivity contribution in [2.45, 2.75) is 0 Å². The maximum atomic E-state index is 9.10. The molecular formula is C4H4Au2O9Ti. The van der Waals surface area contributed by atoms with E-state index in [-0.39, 0.29) is 72.0 Å². The summed E-state index contributed by atoms with van der Waals surface area (Å²) in [4.78, 5) is 36.1. The minimum absolute atomic E-state index is 0. The first-order chi connectivity index (χ1) is 5.29. The van der Waals surface area contributed by atoms with Crippen LogP contribution in [-0.2, 0) is 85.7 Å². The molecule has 0 aromatic carbocycles. The van der Waals surface area contributed by atoms with Crippen molar-refractivity contribution >= 4 is 23.9 Å². The first-order valence-electron chi connectivity index (χ1n) is 2.17. The first-order valence-corrected chi connectivity index (χ1v) is 2.17. The number of hydrogen-bond donors (Lipinski definition) is 2. The van der Waals surface area contributed by atoms with E-state index in [1.807, 2.05) is 0 Å². The molecule has 9 nitrogen and oxygen atoms in total. The topological polar surface area (TPSA) is 186 Å². The predicted octanol–water partition coefficient (Wildman–Crippen LogP) is -5.19. The third kappa shape index (κ3) is 36.9. The van der Waals surface area contributed by atoms with Crippen molar-refractivity contribution in [2.75, 3.05) is 0 Å². The van der Waals surface area contributed by atoms with Crippen LogP contribution in [0.25, 0.3) is 0 Å². The molecule has 12 heteroatoms. The van der Waals surface area contributed by atoms with Crippen molar-refractivity contribution in [3.63, 3.8) is 0 Å². The third-order valence-electron chi connectivity index (χ3n) is 0.350. The van der Waals surface area contributed by atoms with Crippen molar-refractivity contribution in [3.05, 3.63) is 0 Å². The van der Waals surface area contributed by atoms with E-state index in [1.54, 1.807) is 0 Å². The van der Waals surface area contributed by atoms with E-state index in [1.165, 1.54) is 0 Å². The second-order valence-corrected chi connectivity index (χ2v) is 1.19. The Balaban J connectivity index is -0.0000000250. The van der Waals surface area contributed by atoms with Crippen molar-refractivity contribution in [3.8, 4) is 0 Å². The Labute approximate surface area is 134 Å². The van der Waals surface area contributed by atoms with E-state index >= 15 is 0 Å². The number of carbonyl (C=O) groups is 4. The molecule has 0 bridgehead atoms. The monoisotopic (exact) mass is 638 g/mol. The van der Waals surface area contributed by atoms with E-state index in [4.69, 9.17) is 39.6 Å². The summed E-state index contributed by atoms with van der Waals surface area (Å²) in [5, 5.41) is 32.6. The second-order valence-electron chi connectivity index (χ2n) is 1.19. The Hall–Kier alpha value is 0.0348. The van der Waals surface area contributed by atoms with Gasteiger partial charge >= 0.3 is 56.7 Å². The van der Waals surface area contributed by atoms with Gasteiger partial charge in [-0.05, 0) is 0 Å². The molecule has 0 aromatic heterocycles. The van der Waals surface area contributed by atoms with Crippen LogP contribution in [0.4, 0.5) is 0 Å². The van der Waals surface area contributed by atoms with Gasteiger partial charge in [0.2, 0.25) is 0 Å². The maximum absolute atomic E-state index is 9.10. The first kappa shape index (κ1) is 36.0. The Morgan fingerprint density at radius 3 is 0.875 bits per heavy atom. The van der Waals surface area contributed by atoms with Crippen LogP contribution in [0.3, 0.4) is 0 Å². The Bertz CT molecular complexity index is 182. The average molecular weight is 638 g/mol. The number of hydrogen-bond acceptors (Lipinski definition) is 6. The smallest absolute Gasteiger partial charge is 0.543 e. The molecule has 0 unspecified atom stereocenters. The van der Waals surface area contributed by atoms with Crippen LogP contribution in [0.5, 0.6) is 0 Å². The molecule has 16 heavy (non-hydrogen) atoms. The molecule has 0 heterocycles. The van der Waals surface area contributed by atoms with Gasteiger partial charge in [-0.1, -0.05) is 0 Å². The molecule has 0 atom stereocenters. The molecule has 4 N–H and O–H groups in total. The van der Waals surface area contributed by atoms with Gasteiger partial charge in [0.05, 0.1) is 11.9 Å². The molecule has 0 rings (SSSR count). The molecule has 0 saturated heterocycles. The zero-order valence-electron chi connectivity index (χ0n) is 6.95. The van der Waals surface area contributed by atoms with Gasteiger partial charge in [0.1, 0.15) is 0 Å². The molecule has 0 radical (unpaired) electrons. The van der Waals surface area contributed by atoms with Gasteiger partial charge in [-0.15, -0.1) is 0 Å². The zero-order chi connectivity index (χ0) is 10.3. The van der Waals surface area contributed by atoms with E-state index < -0.39 is 23.9 Å². The number of carboxylic acids is 4. The second kappa shape index (κ2) is 20.4. The van der Waals surface area contributed by atoms with Crippen LogP contribution >= 0.6 is 0 Å². The van der Waals surface area contributed by atoms with Crippen molar-refractivity contribution in [1.29, 1.82) is 0 Å². The molecule has 0 amide bonds. The third-order valence-corrected chi connectivity index (χ3v) is 0.350. The average Bonchev–Trinajstić information content (AvgIpc) is 1.88. The predicted molar refractivity (Wildman–Crippen MR) is 28.9 cm³/mol. The Morgan fingerprint density at radius 1 is 0.750 bits per heavy atom. The van der Waals surface area contributed by atoms with E-state index in [0.717, 1.165) is 0 Å². The molecule has 0 aromatic rings. The molecule has 0 aliphatic rings. The normalized spacial score (nSPS) is 5.50. The number of carboxylic acid groups (broad SMARTS) is 4. The van der Waals surface area contributed by atoms with Crippen molar-refractivity contribution < 1.29 is 112 Å². The minimum Gasteiger partial charge on any atom is -0.543 e. The van der Waals surface area contributed by atoms with E-state index in [0.29, 0.717) is 0 Å². The molecule has 0 spiro atoms. The number of carbonyl (C=O) groups excluding carboxylic acids is 2. The van der Waals surface area contributed by atoms with Crippen LogP contribution in [0, 0.1) is 0 Å². The van der Waals surface area contributed by atoms with Gasteiger partial charge in [0, 0.05) is 21.7 Å². The molecule has 0 aliphatic carbocycles. The van der Waals surface area contributed by atoms with Crippen LogP contribution in [0.15, 0.2) is 0 Å². The Morgan fingerprint density at radius 2 is 0.875 bits per heavy atom. The molecule has 0 aliphatic heterocycles. The summed E-state index contributed by atoms with van der Waals surface area (Å²) in [6, 6.07) is 0. The van der Waals surface area contributed by atoms with Gasteiger partial charge < -0.3 is 35.5 Å². The van der Waals surface area contributed by atoms with Gasteiger partial charge in [-0.2, -0.15) is 0 Å². The zero-order valence-corrected chi connectivity index (χ0v) is 12.8. The van der Waals surface area contributed by atoms with Crippen molar-refractivity contribution in [1.82, 2.24) is 0 Å². The summed E-state index contributed by atoms with van der Waals surface area (Å²) < 4.78 is 0. The summed E-state index contributed by atoms with van der Waals surface area (Å²) in [7, 11) is 0. The summed E-state index contributed by atoms with van der Waals surface area (Å²) in [6.07, 6.45) is 0. The fraction of sp³-hybridized carbons (Fsp3) is 0. The van der Waals surface area contributed by atoms with Gasteiger partial charge in [0.15, 0.2) is 0 Å². The largest absolute Gasteiger partial charge is 1.00 e. The SMILES string of the molecule is O.O=C(O)C(=O)O.O=C([O-])C(=O)[O-].[Au+].[Au+].[Ti]. The maximum Gasteiger partial charge on any atom is 1.00 e. The van der Waals surface area contributed by atoms with Gasteiger partial charge in [0.25, 0.3) is 0 Å². The van der Waals surface area contributed by atoms with Crippen LogP contribution in [-0.4, -0.2) is 39.6 Å². The molecule has 0 saturated carbocycles. The van der Waals surface area contributed by atoms with Crippen LogP contribution < -0.4 is 10.2 Å².